The number of hydrogen-bond acceptors (Lipinski definition) is 4. The van der Waals surface area contributed by atoms with Gasteiger partial charge in [-0.15, -0.1) is 0 Å². The van der Waals surface area contributed by atoms with Gasteiger partial charge in [0.2, 0.25) is 0 Å². The number of hydrogen-bond donors (Lipinski definition) is 1. The number of nitrogens with two attached hydrogens (primary N) is 1. The number of ether oxygens (including phenoxy) is 2. The molecule has 0 spiro atoms. The predicted molar refractivity (Wildman–Crippen MR) is 94.2 cm³/mol. The molecule has 0 radical (unpaired) electrons. The van der Waals surface area contributed by atoms with Gasteiger partial charge in [0.15, 0.2) is 0 Å². The van der Waals surface area contributed by atoms with E-state index < -0.39 is 0 Å². The van der Waals surface area contributed by atoms with Crippen LogP contribution in [0.1, 0.15) is 41.6 Å². The van der Waals surface area contributed by atoms with E-state index in [1.165, 1.54) is 5.56 Å². The van der Waals surface area contributed by atoms with Crippen LogP contribution in [0, 0.1) is 0 Å². The molecule has 1 fully saturated rings. The molecule has 3 rings (SSSR count). The van der Waals surface area contributed by atoms with Crippen LogP contribution in [-0.4, -0.2) is 18.7 Å². The van der Waals surface area contributed by atoms with Crippen LogP contribution < -0.4 is 10.5 Å². The molecule has 0 unspecified atom stereocenters. The maximum atomic E-state index is 12.2. The van der Waals surface area contributed by atoms with Crippen LogP contribution in [0.3, 0.4) is 0 Å². The molecule has 2 aromatic rings. The van der Waals surface area contributed by atoms with E-state index >= 15 is 0 Å². The highest BCUT2D eigenvalue weighted by Gasteiger charge is 2.20. The predicted octanol–water partition coefficient (Wildman–Crippen LogP) is 3.99. The first-order valence-corrected chi connectivity index (χ1v) is 8.49. The second kappa shape index (κ2) is 7.86. The van der Waals surface area contributed by atoms with Crippen molar-refractivity contribution in [3.05, 3.63) is 59.7 Å². The van der Waals surface area contributed by atoms with Crippen LogP contribution in [0.5, 0.6) is 5.75 Å². The van der Waals surface area contributed by atoms with E-state index in [0.29, 0.717) is 23.6 Å². The van der Waals surface area contributed by atoms with Crippen LogP contribution in [0.15, 0.2) is 48.5 Å². The lowest BCUT2D eigenvalue weighted by molar-refractivity contribution is 0.0317. The van der Waals surface area contributed by atoms with Gasteiger partial charge in [-0.1, -0.05) is 30.3 Å². The summed E-state index contributed by atoms with van der Waals surface area (Å²) in [6.45, 7) is 0.509. The average Bonchev–Trinajstić information content (AvgIpc) is 3.10. The summed E-state index contributed by atoms with van der Waals surface area (Å²) < 4.78 is 11.3. The highest BCUT2D eigenvalue weighted by atomic mass is 16.5. The normalized spacial score (nSPS) is 14.5. The number of anilines is 1. The lowest BCUT2D eigenvalue weighted by atomic mass is 10.1. The third-order valence-electron chi connectivity index (χ3n) is 4.32. The summed E-state index contributed by atoms with van der Waals surface area (Å²) in [6.07, 6.45) is 5.03. The van der Waals surface area contributed by atoms with Gasteiger partial charge >= 0.3 is 5.97 Å². The SMILES string of the molecule is Nc1ccc(C(=O)OC2CCCC2)cc1OCCc1ccccc1. The minimum absolute atomic E-state index is 0.0532. The average molecular weight is 325 g/mol. The Kier molecular flexibility index (Phi) is 5.36. The quantitative estimate of drug-likeness (QED) is 0.644. The number of rotatable bonds is 6. The van der Waals surface area contributed by atoms with Crippen molar-refractivity contribution in [2.24, 2.45) is 0 Å². The van der Waals surface area contributed by atoms with Crippen molar-refractivity contribution in [3.63, 3.8) is 0 Å². The fourth-order valence-corrected chi connectivity index (χ4v) is 2.94. The maximum absolute atomic E-state index is 12.2. The molecular formula is C20H23NO3. The lowest BCUT2D eigenvalue weighted by Crippen LogP contribution is -2.15. The molecule has 0 atom stereocenters. The molecule has 1 saturated carbocycles. The molecule has 126 valence electrons. The van der Waals surface area contributed by atoms with Gasteiger partial charge in [-0.2, -0.15) is 0 Å². The zero-order valence-corrected chi connectivity index (χ0v) is 13.7. The zero-order chi connectivity index (χ0) is 16.8. The van der Waals surface area contributed by atoms with Gasteiger partial charge in [-0.25, -0.2) is 4.79 Å². The number of carbonyl (C=O) groups excluding carboxylic acids is 1. The first-order valence-electron chi connectivity index (χ1n) is 8.49. The molecule has 0 heterocycles. The Morgan fingerprint density at radius 2 is 1.83 bits per heavy atom. The highest BCUT2D eigenvalue weighted by Crippen LogP contribution is 2.26. The minimum atomic E-state index is -0.296. The van der Waals surface area contributed by atoms with Crippen LogP contribution in [0.25, 0.3) is 0 Å². The van der Waals surface area contributed by atoms with Crippen molar-refractivity contribution >= 4 is 11.7 Å². The largest absolute Gasteiger partial charge is 0.491 e. The molecule has 0 aliphatic heterocycles. The molecule has 4 heteroatoms. The zero-order valence-electron chi connectivity index (χ0n) is 13.7. The van der Waals surface area contributed by atoms with Crippen molar-refractivity contribution in [1.29, 1.82) is 0 Å². The van der Waals surface area contributed by atoms with Gasteiger partial charge in [0, 0.05) is 6.42 Å². The molecule has 0 amide bonds. The summed E-state index contributed by atoms with van der Waals surface area (Å²) in [4.78, 5) is 12.2. The van der Waals surface area contributed by atoms with Gasteiger partial charge in [-0.05, 0) is 49.4 Å². The number of carbonyl (C=O) groups is 1. The summed E-state index contributed by atoms with van der Waals surface area (Å²) >= 11 is 0. The monoisotopic (exact) mass is 325 g/mol. The van der Waals surface area contributed by atoms with E-state index in [1.807, 2.05) is 18.2 Å². The van der Waals surface area contributed by atoms with Crippen LogP contribution in [-0.2, 0) is 11.2 Å². The third kappa shape index (κ3) is 4.28. The molecule has 2 N–H and O–H groups in total. The van der Waals surface area contributed by atoms with E-state index in [9.17, 15) is 4.79 Å². The molecule has 2 aromatic carbocycles. The second-order valence-corrected chi connectivity index (χ2v) is 6.15. The van der Waals surface area contributed by atoms with Crippen molar-refractivity contribution in [2.75, 3.05) is 12.3 Å². The second-order valence-electron chi connectivity index (χ2n) is 6.15. The fraction of sp³-hybridized carbons (Fsp3) is 0.350. The number of nitrogen functional groups attached to an aromatic ring is 1. The highest BCUT2D eigenvalue weighted by molar-refractivity contribution is 5.90. The smallest absolute Gasteiger partial charge is 0.338 e. The van der Waals surface area contributed by atoms with Crippen LogP contribution in [0.4, 0.5) is 5.69 Å². The molecule has 0 saturated heterocycles. The van der Waals surface area contributed by atoms with Gasteiger partial charge in [0.05, 0.1) is 17.9 Å². The van der Waals surface area contributed by atoms with Gasteiger partial charge in [0.25, 0.3) is 0 Å². The van der Waals surface area contributed by atoms with E-state index in [2.05, 4.69) is 12.1 Å². The minimum Gasteiger partial charge on any atom is -0.491 e. The maximum Gasteiger partial charge on any atom is 0.338 e. The molecular weight excluding hydrogens is 302 g/mol. The van der Waals surface area contributed by atoms with E-state index in [1.54, 1.807) is 18.2 Å². The number of esters is 1. The van der Waals surface area contributed by atoms with Crippen LogP contribution in [0.2, 0.25) is 0 Å². The summed E-state index contributed by atoms with van der Waals surface area (Å²) in [5, 5.41) is 0. The molecule has 4 nitrogen and oxygen atoms in total. The summed E-state index contributed by atoms with van der Waals surface area (Å²) in [5.41, 5.74) is 8.18. The Morgan fingerprint density at radius 1 is 1.08 bits per heavy atom. The van der Waals surface area contributed by atoms with Crippen LogP contribution >= 0.6 is 0 Å². The van der Waals surface area contributed by atoms with E-state index in [0.717, 1.165) is 32.1 Å². The van der Waals surface area contributed by atoms with Gasteiger partial charge in [0.1, 0.15) is 11.9 Å². The molecule has 24 heavy (non-hydrogen) atoms. The van der Waals surface area contributed by atoms with Crippen molar-refractivity contribution in [3.8, 4) is 5.75 Å². The molecule has 0 aromatic heterocycles. The Hall–Kier alpha value is -2.49. The molecule has 0 bridgehead atoms. The Morgan fingerprint density at radius 3 is 2.58 bits per heavy atom. The van der Waals surface area contributed by atoms with Gasteiger partial charge in [-0.3, -0.25) is 0 Å². The van der Waals surface area contributed by atoms with Crippen molar-refractivity contribution in [1.82, 2.24) is 0 Å². The lowest BCUT2D eigenvalue weighted by Gasteiger charge is -2.13. The molecule has 1 aliphatic rings. The fourth-order valence-electron chi connectivity index (χ4n) is 2.94. The first-order chi connectivity index (χ1) is 11.7. The summed E-state index contributed by atoms with van der Waals surface area (Å²) in [5.74, 6) is 0.238. The topological polar surface area (TPSA) is 61.6 Å². The van der Waals surface area contributed by atoms with Crippen molar-refractivity contribution in [2.45, 2.75) is 38.2 Å². The van der Waals surface area contributed by atoms with Gasteiger partial charge < -0.3 is 15.2 Å². The Bertz CT molecular complexity index is 679. The first kappa shape index (κ1) is 16.4. The third-order valence-corrected chi connectivity index (χ3v) is 4.32. The summed E-state index contributed by atoms with van der Waals surface area (Å²) in [6, 6.07) is 15.2. The van der Waals surface area contributed by atoms with Crippen molar-refractivity contribution < 1.29 is 14.3 Å². The molecule has 1 aliphatic carbocycles. The summed E-state index contributed by atoms with van der Waals surface area (Å²) in [7, 11) is 0. The van der Waals surface area contributed by atoms with E-state index in [-0.39, 0.29) is 12.1 Å². The van der Waals surface area contributed by atoms with E-state index in [4.69, 9.17) is 15.2 Å². The Labute approximate surface area is 142 Å². The Balaban J connectivity index is 1.59. The number of benzene rings is 2. The standard InChI is InChI=1S/C20H23NO3/c21-18-11-10-16(20(22)24-17-8-4-5-9-17)14-19(18)23-13-12-15-6-2-1-3-7-15/h1-3,6-7,10-11,14,17H,4-5,8-9,12-13,21H2.